The zero-order chi connectivity index (χ0) is 22.7. The molecule has 31 heavy (non-hydrogen) atoms. The molecule has 0 radical (unpaired) electrons. The highest BCUT2D eigenvalue weighted by Gasteiger charge is 2.36. The average molecular weight is 419 g/mol. The fraction of sp³-hybridized carbons (Fsp3) is 0.240. The van der Waals surface area contributed by atoms with Gasteiger partial charge in [-0.1, -0.05) is 49.1 Å². The first-order valence-corrected chi connectivity index (χ1v) is 10.00. The Morgan fingerprint density at radius 1 is 1.16 bits per heavy atom. The number of allylic oxidation sites excluding steroid dienone is 1. The summed E-state index contributed by atoms with van der Waals surface area (Å²) in [5.74, 6) is -1.49. The SMILES string of the molecule is C=C(C)C(=O)OCCN1C(=O)/C(=C/C)c2c(ccc(C(O)c3ccccc3)c2C)C1=O. The highest BCUT2D eigenvalue weighted by Crippen LogP contribution is 2.36. The number of nitrogens with zero attached hydrogens (tertiary/aromatic N) is 1. The van der Waals surface area contributed by atoms with Gasteiger partial charge in [0.15, 0.2) is 0 Å². The van der Waals surface area contributed by atoms with Gasteiger partial charge < -0.3 is 9.84 Å². The number of amides is 2. The van der Waals surface area contributed by atoms with Crippen molar-refractivity contribution in [2.75, 3.05) is 13.2 Å². The van der Waals surface area contributed by atoms with E-state index in [1.54, 1.807) is 32.1 Å². The first-order chi connectivity index (χ1) is 14.8. The van der Waals surface area contributed by atoms with Gasteiger partial charge in [-0.25, -0.2) is 4.79 Å². The maximum Gasteiger partial charge on any atom is 0.333 e. The van der Waals surface area contributed by atoms with Gasteiger partial charge in [0.1, 0.15) is 12.7 Å². The number of carbonyl (C=O) groups excluding carboxylic acids is 3. The Labute approximate surface area is 181 Å². The Morgan fingerprint density at radius 3 is 2.45 bits per heavy atom. The Morgan fingerprint density at radius 2 is 1.84 bits per heavy atom. The van der Waals surface area contributed by atoms with Crippen molar-refractivity contribution in [2.24, 2.45) is 0 Å². The van der Waals surface area contributed by atoms with Crippen molar-refractivity contribution in [3.05, 3.63) is 88.5 Å². The van der Waals surface area contributed by atoms with Crippen LogP contribution in [-0.2, 0) is 14.3 Å². The molecule has 160 valence electrons. The van der Waals surface area contributed by atoms with Crippen LogP contribution in [0.1, 0.15) is 52.6 Å². The van der Waals surface area contributed by atoms with Crippen LogP contribution in [0.15, 0.2) is 60.7 Å². The predicted octanol–water partition coefficient (Wildman–Crippen LogP) is 3.58. The van der Waals surface area contributed by atoms with Gasteiger partial charge in [0.25, 0.3) is 11.8 Å². The van der Waals surface area contributed by atoms with Gasteiger partial charge in [-0.3, -0.25) is 14.5 Å². The van der Waals surface area contributed by atoms with E-state index in [0.29, 0.717) is 27.8 Å². The maximum absolute atomic E-state index is 13.1. The largest absolute Gasteiger partial charge is 0.460 e. The predicted molar refractivity (Wildman–Crippen MR) is 117 cm³/mol. The molecule has 0 saturated carbocycles. The number of imide groups is 1. The zero-order valence-electron chi connectivity index (χ0n) is 17.8. The van der Waals surface area contributed by atoms with Crippen molar-refractivity contribution in [1.82, 2.24) is 4.90 Å². The van der Waals surface area contributed by atoms with Gasteiger partial charge in [0, 0.05) is 22.3 Å². The molecular weight excluding hydrogens is 394 g/mol. The minimum Gasteiger partial charge on any atom is -0.460 e. The molecule has 0 aliphatic carbocycles. The van der Waals surface area contributed by atoms with Crippen LogP contribution in [0.2, 0.25) is 0 Å². The van der Waals surface area contributed by atoms with Crippen LogP contribution in [0, 0.1) is 6.92 Å². The number of benzene rings is 2. The Hall–Kier alpha value is -3.51. The second-order valence-electron chi connectivity index (χ2n) is 7.40. The lowest BCUT2D eigenvalue weighted by molar-refractivity contribution is -0.140. The first-order valence-electron chi connectivity index (χ1n) is 10.00. The molecule has 1 atom stereocenters. The van der Waals surface area contributed by atoms with E-state index in [2.05, 4.69) is 6.58 Å². The van der Waals surface area contributed by atoms with E-state index in [-0.39, 0.29) is 18.7 Å². The number of carbonyl (C=O) groups is 3. The van der Waals surface area contributed by atoms with E-state index in [1.165, 1.54) is 6.92 Å². The lowest BCUT2D eigenvalue weighted by Gasteiger charge is -2.30. The van der Waals surface area contributed by atoms with Crippen LogP contribution in [0.5, 0.6) is 0 Å². The molecular formula is C25H25NO5. The molecule has 0 spiro atoms. The number of hydrogen-bond donors (Lipinski definition) is 1. The molecule has 0 saturated heterocycles. The second-order valence-corrected chi connectivity index (χ2v) is 7.40. The minimum atomic E-state index is -0.880. The summed E-state index contributed by atoms with van der Waals surface area (Å²) in [5.41, 5.74) is 3.56. The van der Waals surface area contributed by atoms with E-state index < -0.39 is 23.9 Å². The quantitative estimate of drug-likeness (QED) is 0.440. The van der Waals surface area contributed by atoms with Crippen molar-refractivity contribution in [3.8, 4) is 0 Å². The summed E-state index contributed by atoms with van der Waals surface area (Å²) < 4.78 is 5.05. The summed E-state index contributed by atoms with van der Waals surface area (Å²) in [6.45, 7) is 8.40. The summed E-state index contributed by atoms with van der Waals surface area (Å²) >= 11 is 0. The highest BCUT2D eigenvalue weighted by atomic mass is 16.5. The van der Waals surface area contributed by atoms with Gasteiger partial charge in [-0.05, 0) is 43.5 Å². The van der Waals surface area contributed by atoms with Crippen LogP contribution in [0.3, 0.4) is 0 Å². The molecule has 6 heteroatoms. The number of aliphatic hydroxyl groups is 1. The lowest BCUT2D eigenvalue weighted by atomic mass is 9.85. The Balaban J connectivity index is 1.95. The van der Waals surface area contributed by atoms with Crippen LogP contribution in [0.25, 0.3) is 5.57 Å². The molecule has 0 fully saturated rings. The third-order valence-corrected chi connectivity index (χ3v) is 5.32. The summed E-state index contributed by atoms with van der Waals surface area (Å²) in [4.78, 5) is 38.8. The van der Waals surface area contributed by atoms with Gasteiger partial charge in [0.2, 0.25) is 0 Å². The molecule has 3 rings (SSSR count). The number of fused-ring (bicyclic) bond motifs is 1. The standard InChI is InChI=1S/C25H25NO5/c1-5-18-21-16(4)19(22(27)17-9-7-6-8-10-17)11-12-20(21)24(29)26(23(18)28)13-14-31-25(30)15(2)3/h5-12,22,27H,2,13-14H2,1,3-4H3/b18-5+. The maximum atomic E-state index is 13.1. The first kappa shape index (κ1) is 22.2. The van der Waals surface area contributed by atoms with Gasteiger partial charge in [-0.2, -0.15) is 0 Å². The van der Waals surface area contributed by atoms with E-state index in [0.717, 1.165) is 10.5 Å². The third kappa shape index (κ3) is 4.20. The third-order valence-electron chi connectivity index (χ3n) is 5.32. The van der Waals surface area contributed by atoms with E-state index >= 15 is 0 Å². The van der Waals surface area contributed by atoms with Crippen LogP contribution >= 0.6 is 0 Å². The molecule has 2 amide bonds. The van der Waals surface area contributed by atoms with Crippen LogP contribution in [0.4, 0.5) is 0 Å². The van der Waals surface area contributed by atoms with Crippen molar-refractivity contribution >= 4 is 23.4 Å². The molecule has 1 aliphatic rings. The van der Waals surface area contributed by atoms with E-state index in [4.69, 9.17) is 4.74 Å². The molecule has 0 bridgehead atoms. The number of aliphatic hydroxyl groups excluding tert-OH is 1. The van der Waals surface area contributed by atoms with Crippen molar-refractivity contribution in [1.29, 1.82) is 0 Å². The zero-order valence-corrected chi connectivity index (χ0v) is 17.8. The minimum absolute atomic E-state index is 0.0547. The van der Waals surface area contributed by atoms with Gasteiger partial charge >= 0.3 is 5.97 Å². The molecule has 2 aromatic rings. The van der Waals surface area contributed by atoms with Gasteiger partial charge in [0.05, 0.1) is 6.54 Å². The number of hydrogen-bond acceptors (Lipinski definition) is 5. The van der Waals surface area contributed by atoms with Crippen molar-refractivity contribution < 1.29 is 24.2 Å². The number of esters is 1. The van der Waals surface area contributed by atoms with Crippen molar-refractivity contribution in [3.63, 3.8) is 0 Å². The van der Waals surface area contributed by atoms with E-state index in [1.807, 2.05) is 30.3 Å². The van der Waals surface area contributed by atoms with Crippen molar-refractivity contribution in [2.45, 2.75) is 26.9 Å². The topological polar surface area (TPSA) is 83.9 Å². The molecule has 2 aromatic carbocycles. The van der Waals surface area contributed by atoms with E-state index in [9.17, 15) is 19.5 Å². The highest BCUT2D eigenvalue weighted by molar-refractivity contribution is 6.31. The average Bonchev–Trinajstić information content (AvgIpc) is 2.76. The molecule has 1 unspecified atom stereocenters. The summed E-state index contributed by atoms with van der Waals surface area (Å²) in [7, 11) is 0. The molecule has 6 nitrogen and oxygen atoms in total. The lowest BCUT2D eigenvalue weighted by Crippen LogP contribution is -2.44. The Bertz CT molecular complexity index is 1080. The fourth-order valence-electron chi connectivity index (χ4n) is 3.68. The second kappa shape index (κ2) is 9.10. The summed E-state index contributed by atoms with van der Waals surface area (Å²) in [6, 6.07) is 12.5. The fourth-order valence-corrected chi connectivity index (χ4v) is 3.68. The molecule has 1 heterocycles. The molecule has 1 aliphatic heterocycles. The molecule has 0 aromatic heterocycles. The monoisotopic (exact) mass is 419 g/mol. The van der Waals surface area contributed by atoms with Gasteiger partial charge in [-0.15, -0.1) is 0 Å². The van der Waals surface area contributed by atoms with Crippen LogP contribution in [-0.4, -0.2) is 40.9 Å². The molecule has 1 N–H and O–H groups in total. The summed E-state index contributed by atoms with van der Waals surface area (Å²) in [6.07, 6.45) is 0.779. The smallest absolute Gasteiger partial charge is 0.333 e. The summed E-state index contributed by atoms with van der Waals surface area (Å²) in [5, 5.41) is 10.9. The van der Waals surface area contributed by atoms with Crippen LogP contribution < -0.4 is 0 Å². The Kier molecular flexibility index (Phi) is 6.51. The number of rotatable bonds is 6. The normalized spacial score (nSPS) is 15.6. The number of ether oxygens (including phenoxy) is 1.